The van der Waals surface area contributed by atoms with Crippen molar-refractivity contribution < 1.29 is 13.2 Å². The van der Waals surface area contributed by atoms with Gasteiger partial charge in [-0.05, 0) is 36.6 Å². The van der Waals surface area contributed by atoms with Crippen molar-refractivity contribution in [3.05, 3.63) is 59.7 Å². The number of para-hydroxylation sites is 2. The first-order chi connectivity index (χ1) is 12.9. The van der Waals surface area contributed by atoms with E-state index in [4.69, 9.17) is 0 Å². The van der Waals surface area contributed by atoms with Crippen LogP contribution in [-0.2, 0) is 21.1 Å². The summed E-state index contributed by atoms with van der Waals surface area (Å²) < 4.78 is 25.1. The lowest BCUT2D eigenvalue weighted by Crippen LogP contribution is -2.62. The van der Waals surface area contributed by atoms with Crippen LogP contribution in [0.3, 0.4) is 0 Å². The van der Waals surface area contributed by atoms with Gasteiger partial charge in [-0.3, -0.25) is 4.79 Å². The maximum Gasteiger partial charge on any atom is 0.246 e. The van der Waals surface area contributed by atoms with Gasteiger partial charge in [0.1, 0.15) is 0 Å². The largest absolute Gasteiger partial charge is 0.356 e. The Hall–Kier alpha value is -2.34. The Morgan fingerprint density at radius 2 is 1.70 bits per heavy atom. The second-order valence-electron chi connectivity index (χ2n) is 7.37. The van der Waals surface area contributed by atoms with Crippen molar-refractivity contribution in [2.24, 2.45) is 0 Å². The highest BCUT2D eigenvalue weighted by atomic mass is 32.2. The number of benzene rings is 2. The molecule has 2 atom stereocenters. The van der Waals surface area contributed by atoms with E-state index >= 15 is 0 Å². The summed E-state index contributed by atoms with van der Waals surface area (Å²) >= 11 is 0. The van der Waals surface area contributed by atoms with Gasteiger partial charge in [-0.1, -0.05) is 43.3 Å². The molecule has 0 spiro atoms. The van der Waals surface area contributed by atoms with Gasteiger partial charge in [-0.25, -0.2) is 8.42 Å². The van der Waals surface area contributed by atoms with Crippen molar-refractivity contribution in [2.45, 2.75) is 32.4 Å². The predicted molar refractivity (Wildman–Crippen MR) is 108 cm³/mol. The van der Waals surface area contributed by atoms with E-state index in [0.717, 1.165) is 28.9 Å². The minimum Gasteiger partial charge on any atom is -0.356 e. The molecule has 0 N–H and O–H groups in total. The van der Waals surface area contributed by atoms with Crippen molar-refractivity contribution >= 4 is 27.1 Å². The quantitative estimate of drug-likeness (QED) is 0.816. The molecule has 142 valence electrons. The molecule has 2 unspecified atom stereocenters. The van der Waals surface area contributed by atoms with Crippen molar-refractivity contribution in [3.63, 3.8) is 0 Å². The van der Waals surface area contributed by atoms with E-state index in [-0.39, 0.29) is 36.0 Å². The molecule has 27 heavy (non-hydrogen) atoms. The molecule has 2 fully saturated rings. The van der Waals surface area contributed by atoms with Gasteiger partial charge >= 0.3 is 0 Å². The Labute approximate surface area is 160 Å². The van der Waals surface area contributed by atoms with Crippen LogP contribution in [0, 0.1) is 6.92 Å². The zero-order chi connectivity index (χ0) is 19.2. The Bertz CT molecular complexity index is 972. The zero-order valence-electron chi connectivity index (χ0n) is 15.6. The Kier molecular flexibility index (Phi) is 4.46. The summed E-state index contributed by atoms with van der Waals surface area (Å²) in [5.74, 6) is 0.0645. The lowest BCUT2D eigenvalue weighted by atomic mass is 9.97. The van der Waals surface area contributed by atoms with Gasteiger partial charge in [-0.2, -0.15) is 0 Å². The molecule has 0 saturated carbocycles. The fraction of sp³-hybridized carbons (Fsp3) is 0.381. The SMILES string of the molecule is CCc1cccc(C)c1N1C(=O)CN(c2ccccc2)C2CS(=O)(=O)CC21. The van der Waals surface area contributed by atoms with Gasteiger partial charge < -0.3 is 9.80 Å². The Morgan fingerprint density at radius 3 is 2.41 bits per heavy atom. The van der Waals surface area contributed by atoms with Crippen LogP contribution < -0.4 is 9.80 Å². The summed E-state index contributed by atoms with van der Waals surface area (Å²) in [6.07, 6.45) is 0.799. The lowest BCUT2D eigenvalue weighted by molar-refractivity contribution is -0.118. The molecular weight excluding hydrogens is 360 g/mol. The number of piperazine rings is 1. The summed E-state index contributed by atoms with van der Waals surface area (Å²) in [6, 6.07) is 15.1. The predicted octanol–water partition coefficient (Wildman–Crippen LogP) is 2.58. The number of amides is 1. The molecule has 2 aliphatic rings. The van der Waals surface area contributed by atoms with Crippen molar-refractivity contribution in [2.75, 3.05) is 27.9 Å². The number of fused-ring (bicyclic) bond motifs is 1. The first-order valence-corrected chi connectivity index (χ1v) is 11.2. The van der Waals surface area contributed by atoms with E-state index in [1.54, 1.807) is 4.90 Å². The summed E-state index contributed by atoms with van der Waals surface area (Å²) in [5, 5.41) is 0. The molecule has 2 aromatic carbocycles. The fourth-order valence-electron chi connectivity index (χ4n) is 4.42. The average Bonchev–Trinajstić information content (AvgIpc) is 2.97. The number of carbonyl (C=O) groups is 1. The number of hydrogen-bond acceptors (Lipinski definition) is 4. The molecular formula is C21H24N2O3S. The highest BCUT2D eigenvalue weighted by Gasteiger charge is 2.50. The first-order valence-electron chi connectivity index (χ1n) is 9.34. The summed E-state index contributed by atoms with van der Waals surface area (Å²) in [7, 11) is -3.20. The van der Waals surface area contributed by atoms with Crippen LogP contribution in [-0.4, -0.2) is 44.5 Å². The molecule has 0 aromatic heterocycles. The van der Waals surface area contributed by atoms with E-state index in [1.165, 1.54) is 0 Å². The molecule has 0 radical (unpaired) electrons. The molecule has 6 heteroatoms. The van der Waals surface area contributed by atoms with Crippen LogP contribution in [0.15, 0.2) is 48.5 Å². The smallest absolute Gasteiger partial charge is 0.246 e. The van der Waals surface area contributed by atoms with Crippen LogP contribution >= 0.6 is 0 Å². The van der Waals surface area contributed by atoms with E-state index < -0.39 is 9.84 Å². The average molecular weight is 385 g/mol. The van der Waals surface area contributed by atoms with Crippen LogP contribution in [0.2, 0.25) is 0 Å². The minimum atomic E-state index is -3.20. The summed E-state index contributed by atoms with van der Waals surface area (Å²) in [6.45, 7) is 4.24. The van der Waals surface area contributed by atoms with Crippen LogP contribution in [0.1, 0.15) is 18.1 Å². The molecule has 2 heterocycles. The highest BCUT2D eigenvalue weighted by Crippen LogP contribution is 2.37. The second-order valence-corrected chi connectivity index (χ2v) is 9.53. The third-order valence-corrected chi connectivity index (χ3v) is 7.33. The van der Waals surface area contributed by atoms with Crippen LogP contribution in [0.4, 0.5) is 11.4 Å². The normalized spacial score (nSPS) is 24.1. The van der Waals surface area contributed by atoms with Crippen molar-refractivity contribution in [3.8, 4) is 0 Å². The number of sulfone groups is 1. The van der Waals surface area contributed by atoms with Gasteiger partial charge in [0.2, 0.25) is 5.91 Å². The second kappa shape index (κ2) is 6.68. The van der Waals surface area contributed by atoms with Crippen molar-refractivity contribution in [1.82, 2.24) is 0 Å². The van der Waals surface area contributed by atoms with Gasteiger partial charge in [0.25, 0.3) is 0 Å². The molecule has 2 aliphatic heterocycles. The number of anilines is 2. The monoisotopic (exact) mass is 384 g/mol. The molecule has 2 saturated heterocycles. The fourth-order valence-corrected chi connectivity index (χ4v) is 6.37. The summed E-state index contributed by atoms with van der Waals surface area (Å²) in [4.78, 5) is 17.0. The molecule has 4 rings (SSSR count). The lowest BCUT2D eigenvalue weighted by Gasteiger charge is -2.45. The van der Waals surface area contributed by atoms with Gasteiger partial charge in [-0.15, -0.1) is 0 Å². The maximum atomic E-state index is 13.2. The van der Waals surface area contributed by atoms with Crippen LogP contribution in [0.5, 0.6) is 0 Å². The van der Waals surface area contributed by atoms with Gasteiger partial charge in [0.05, 0.1) is 35.8 Å². The van der Waals surface area contributed by atoms with E-state index in [9.17, 15) is 13.2 Å². The number of hydrogen-bond donors (Lipinski definition) is 0. The Morgan fingerprint density at radius 1 is 1.00 bits per heavy atom. The Balaban J connectivity index is 1.82. The summed E-state index contributed by atoms with van der Waals surface area (Å²) in [5.41, 5.74) is 3.89. The van der Waals surface area contributed by atoms with E-state index in [2.05, 4.69) is 6.92 Å². The molecule has 1 amide bonds. The molecule has 0 aliphatic carbocycles. The standard InChI is InChI=1S/C21H24N2O3S/c1-3-16-9-7-8-15(2)21(16)23-19-14-27(25,26)13-18(19)22(12-20(23)24)17-10-5-4-6-11-17/h4-11,18-19H,3,12-14H2,1-2H3. The van der Waals surface area contributed by atoms with Gasteiger partial charge in [0.15, 0.2) is 9.84 Å². The molecule has 2 aromatic rings. The topological polar surface area (TPSA) is 57.7 Å². The number of nitrogens with zero attached hydrogens (tertiary/aromatic N) is 2. The zero-order valence-corrected chi connectivity index (χ0v) is 16.4. The number of aryl methyl sites for hydroxylation is 2. The first kappa shape index (κ1) is 18.0. The maximum absolute atomic E-state index is 13.2. The van der Waals surface area contributed by atoms with E-state index in [1.807, 2.05) is 60.4 Å². The minimum absolute atomic E-state index is 0.0181. The van der Waals surface area contributed by atoms with E-state index in [0.29, 0.717) is 0 Å². The molecule has 0 bridgehead atoms. The number of rotatable bonds is 3. The van der Waals surface area contributed by atoms with Gasteiger partial charge in [0, 0.05) is 5.69 Å². The third kappa shape index (κ3) is 3.12. The number of carbonyl (C=O) groups excluding carboxylic acids is 1. The molecule has 5 nitrogen and oxygen atoms in total. The van der Waals surface area contributed by atoms with Crippen LogP contribution in [0.25, 0.3) is 0 Å². The third-order valence-electron chi connectivity index (χ3n) is 5.63. The van der Waals surface area contributed by atoms with Crippen molar-refractivity contribution in [1.29, 1.82) is 0 Å². The highest BCUT2D eigenvalue weighted by molar-refractivity contribution is 7.91.